The maximum Gasteiger partial charge on any atom is 0.303 e. The molecule has 2 aromatic rings. The second kappa shape index (κ2) is 5.27. The lowest BCUT2D eigenvalue weighted by Crippen LogP contribution is -1.92. The molecule has 18 heavy (non-hydrogen) atoms. The van der Waals surface area contributed by atoms with Crippen molar-refractivity contribution in [1.29, 1.82) is 0 Å². The molecule has 0 saturated carbocycles. The molecule has 0 aliphatic heterocycles. The molecule has 1 heterocycles. The highest BCUT2D eigenvalue weighted by atomic mass is 35.5. The average molecular weight is 264 g/mol. The fourth-order valence-electron chi connectivity index (χ4n) is 1.91. The van der Waals surface area contributed by atoms with Crippen LogP contribution in [0.5, 0.6) is 0 Å². The van der Waals surface area contributed by atoms with Gasteiger partial charge in [0.15, 0.2) is 0 Å². The van der Waals surface area contributed by atoms with E-state index in [0.717, 1.165) is 21.6 Å². The molecule has 94 valence electrons. The SMILES string of the molecule is Cn1c(/C=C/CCC(=O)O)cc2cc(Cl)ccc21. The number of carbonyl (C=O) groups is 1. The Hall–Kier alpha value is -1.74. The van der Waals surface area contributed by atoms with Crippen molar-refractivity contribution in [2.24, 2.45) is 7.05 Å². The number of nitrogens with zero attached hydrogens (tertiary/aromatic N) is 1. The van der Waals surface area contributed by atoms with Crippen LogP contribution in [0.25, 0.3) is 17.0 Å². The maximum absolute atomic E-state index is 10.4. The summed E-state index contributed by atoms with van der Waals surface area (Å²) in [5.74, 6) is -0.775. The first kappa shape index (κ1) is 12.7. The van der Waals surface area contributed by atoms with Crippen LogP contribution in [0.2, 0.25) is 5.02 Å². The molecule has 1 aromatic heterocycles. The summed E-state index contributed by atoms with van der Waals surface area (Å²) in [5, 5.41) is 10.4. The first-order valence-corrected chi connectivity index (χ1v) is 6.09. The van der Waals surface area contributed by atoms with Gasteiger partial charge in [-0.2, -0.15) is 0 Å². The van der Waals surface area contributed by atoms with Gasteiger partial charge in [0.05, 0.1) is 0 Å². The number of carboxylic acid groups (broad SMARTS) is 1. The van der Waals surface area contributed by atoms with Crippen LogP contribution in [-0.2, 0) is 11.8 Å². The second-order valence-corrected chi connectivity index (χ2v) is 4.60. The molecule has 0 unspecified atom stereocenters. The molecule has 1 N–H and O–H groups in total. The van der Waals surface area contributed by atoms with E-state index in [1.807, 2.05) is 43.5 Å². The number of hydrogen-bond donors (Lipinski definition) is 1. The van der Waals surface area contributed by atoms with Gasteiger partial charge in [-0.25, -0.2) is 0 Å². The summed E-state index contributed by atoms with van der Waals surface area (Å²) in [7, 11) is 1.98. The Morgan fingerprint density at radius 1 is 1.44 bits per heavy atom. The van der Waals surface area contributed by atoms with Crippen molar-refractivity contribution in [3.05, 3.63) is 41.1 Å². The molecule has 0 aliphatic rings. The summed E-state index contributed by atoms with van der Waals surface area (Å²) in [6.07, 6.45) is 4.52. The summed E-state index contributed by atoms with van der Waals surface area (Å²) in [6, 6.07) is 7.80. The minimum atomic E-state index is -0.775. The smallest absolute Gasteiger partial charge is 0.303 e. The molecule has 0 bridgehead atoms. The van der Waals surface area contributed by atoms with Crippen LogP contribution in [0.4, 0.5) is 0 Å². The lowest BCUT2D eigenvalue weighted by Gasteiger charge is -1.99. The average Bonchev–Trinajstić information content (AvgIpc) is 2.61. The van der Waals surface area contributed by atoms with Gasteiger partial charge in [-0.3, -0.25) is 4.79 Å². The van der Waals surface area contributed by atoms with Gasteiger partial charge in [-0.15, -0.1) is 0 Å². The number of aryl methyl sites for hydroxylation is 1. The van der Waals surface area contributed by atoms with Gasteiger partial charge in [-0.1, -0.05) is 17.7 Å². The molecule has 0 fully saturated rings. The molecule has 4 heteroatoms. The molecule has 3 nitrogen and oxygen atoms in total. The fraction of sp³-hybridized carbons (Fsp3) is 0.214. The molecule has 0 spiro atoms. The van der Waals surface area contributed by atoms with Gasteiger partial charge < -0.3 is 9.67 Å². The Morgan fingerprint density at radius 2 is 2.22 bits per heavy atom. The van der Waals surface area contributed by atoms with Gasteiger partial charge in [0, 0.05) is 35.1 Å². The third kappa shape index (κ3) is 2.74. The quantitative estimate of drug-likeness (QED) is 0.914. The first-order chi connectivity index (χ1) is 8.58. The van der Waals surface area contributed by atoms with E-state index in [1.165, 1.54) is 0 Å². The van der Waals surface area contributed by atoms with E-state index < -0.39 is 5.97 Å². The van der Waals surface area contributed by atoms with Crippen molar-refractivity contribution in [3.63, 3.8) is 0 Å². The number of hydrogen-bond acceptors (Lipinski definition) is 1. The lowest BCUT2D eigenvalue weighted by atomic mass is 10.2. The predicted octanol–water partition coefficient (Wildman–Crippen LogP) is 3.71. The molecule has 0 amide bonds. The van der Waals surface area contributed by atoms with Crippen molar-refractivity contribution in [3.8, 4) is 0 Å². The van der Waals surface area contributed by atoms with Crippen molar-refractivity contribution < 1.29 is 9.90 Å². The van der Waals surface area contributed by atoms with Crippen molar-refractivity contribution in [1.82, 2.24) is 4.57 Å². The molecule has 1 aromatic carbocycles. The standard InChI is InChI=1S/C14H14ClNO2/c1-16-12(4-2-3-5-14(17)18)9-10-8-11(15)6-7-13(10)16/h2,4,6-9H,3,5H2,1H3,(H,17,18)/b4-2+. The number of aliphatic carboxylic acids is 1. The van der Waals surface area contributed by atoms with E-state index in [4.69, 9.17) is 16.7 Å². The van der Waals surface area contributed by atoms with E-state index in [-0.39, 0.29) is 6.42 Å². The Balaban J connectivity index is 2.23. The monoisotopic (exact) mass is 263 g/mol. The normalized spacial score (nSPS) is 11.4. The molecular formula is C14H14ClNO2. The van der Waals surface area contributed by atoms with E-state index in [2.05, 4.69) is 4.57 Å². The third-order valence-electron chi connectivity index (χ3n) is 2.86. The molecule has 0 saturated heterocycles. The van der Waals surface area contributed by atoms with E-state index in [0.29, 0.717) is 6.42 Å². The van der Waals surface area contributed by atoms with Crippen LogP contribution in [0.3, 0.4) is 0 Å². The summed E-state index contributed by atoms with van der Waals surface area (Å²) in [6.45, 7) is 0. The third-order valence-corrected chi connectivity index (χ3v) is 3.09. The number of benzene rings is 1. The van der Waals surface area contributed by atoms with Crippen molar-refractivity contribution in [2.45, 2.75) is 12.8 Å². The minimum absolute atomic E-state index is 0.159. The van der Waals surface area contributed by atoms with E-state index in [9.17, 15) is 4.79 Å². The number of carboxylic acids is 1. The molecule has 2 rings (SSSR count). The van der Waals surface area contributed by atoms with Crippen LogP contribution >= 0.6 is 11.6 Å². The zero-order valence-corrected chi connectivity index (χ0v) is 10.8. The minimum Gasteiger partial charge on any atom is -0.481 e. The summed E-state index contributed by atoms with van der Waals surface area (Å²) < 4.78 is 2.06. The Bertz CT molecular complexity index is 614. The van der Waals surface area contributed by atoms with Crippen LogP contribution in [0.15, 0.2) is 30.3 Å². The zero-order valence-electron chi connectivity index (χ0n) is 10.1. The van der Waals surface area contributed by atoms with Gasteiger partial charge in [-0.05, 0) is 36.8 Å². The van der Waals surface area contributed by atoms with E-state index >= 15 is 0 Å². The van der Waals surface area contributed by atoms with Crippen LogP contribution in [-0.4, -0.2) is 15.6 Å². The van der Waals surface area contributed by atoms with E-state index in [1.54, 1.807) is 0 Å². The van der Waals surface area contributed by atoms with Gasteiger partial charge in [0.1, 0.15) is 0 Å². The number of fused-ring (bicyclic) bond motifs is 1. The molecular weight excluding hydrogens is 250 g/mol. The Kier molecular flexibility index (Phi) is 3.72. The van der Waals surface area contributed by atoms with Crippen molar-refractivity contribution >= 4 is 34.5 Å². The van der Waals surface area contributed by atoms with Gasteiger partial charge in [0.2, 0.25) is 0 Å². The topological polar surface area (TPSA) is 42.2 Å². The second-order valence-electron chi connectivity index (χ2n) is 4.17. The molecule has 0 radical (unpaired) electrons. The van der Waals surface area contributed by atoms with Crippen LogP contribution in [0.1, 0.15) is 18.5 Å². The highest BCUT2D eigenvalue weighted by molar-refractivity contribution is 6.31. The highest BCUT2D eigenvalue weighted by Gasteiger charge is 2.03. The maximum atomic E-state index is 10.4. The Labute approximate surface area is 110 Å². The fourth-order valence-corrected chi connectivity index (χ4v) is 2.09. The predicted molar refractivity (Wildman–Crippen MR) is 73.8 cm³/mol. The van der Waals surface area contributed by atoms with Crippen LogP contribution < -0.4 is 0 Å². The summed E-state index contributed by atoms with van der Waals surface area (Å²) in [4.78, 5) is 10.4. The largest absolute Gasteiger partial charge is 0.481 e. The van der Waals surface area contributed by atoms with Crippen molar-refractivity contribution in [2.75, 3.05) is 0 Å². The van der Waals surface area contributed by atoms with Gasteiger partial charge in [0.25, 0.3) is 0 Å². The van der Waals surface area contributed by atoms with Gasteiger partial charge >= 0.3 is 5.97 Å². The number of allylic oxidation sites excluding steroid dienone is 1. The zero-order chi connectivity index (χ0) is 13.1. The van der Waals surface area contributed by atoms with Crippen LogP contribution in [0, 0.1) is 0 Å². The lowest BCUT2D eigenvalue weighted by molar-refractivity contribution is -0.136. The first-order valence-electron chi connectivity index (χ1n) is 5.71. The Morgan fingerprint density at radius 3 is 2.94 bits per heavy atom. The number of rotatable bonds is 4. The number of halogens is 1. The highest BCUT2D eigenvalue weighted by Crippen LogP contribution is 2.23. The molecule has 0 atom stereocenters. The molecule has 0 aliphatic carbocycles. The summed E-state index contributed by atoms with van der Waals surface area (Å²) >= 11 is 5.95. The number of aromatic nitrogens is 1. The summed E-state index contributed by atoms with van der Waals surface area (Å²) in [5.41, 5.74) is 2.15.